The molecule has 4 heterocycles. The quantitative estimate of drug-likeness (QED) is 0.385. The highest BCUT2D eigenvalue weighted by Gasteiger charge is 2.30. The second-order valence-corrected chi connectivity index (χ2v) is 8.48. The SMILES string of the molecule is C#Cc1ccc2c3c(c([C@@H](C)NC(=O)c4c(N)nn5cccnc45)n(-c4ccccc4)c(=O)c13)CO2. The van der Waals surface area contributed by atoms with Gasteiger partial charge in [0.25, 0.3) is 11.5 Å². The zero-order chi connectivity index (χ0) is 25.0. The van der Waals surface area contributed by atoms with Crippen LogP contribution >= 0.6 is 0 Å². The van der Waals surface area contributed by atoms with Gasteiger partial charge in [0, 0.05) is 34.6 Å². The Morgan fingerprint density at radius 3 is 2.78 bits per heavy atom. The minimum atomic E-state index is -0.605. The Hall–Kier alpha value is -5.10. The highest BCUT2D eigenvalue weighted by molar-refractivity contribution is 6.04. The molecule has 1 aliphatic rings. The Balaban J connectivity index is 1.56. The Morgan fingerprint density at radius 2 is 2.00 bits per heavy atom. The topological polar surface area (TPSA) is 117 Å². The molecular formula is C27H20N6O3. The molecule has 3 aromatic heterocycles. The number of rotatable bonds is 4. The number of hydrogen-bond donors (Lipinski definition) is 2. The number of nitrogens with two attached hydrogens (primary N) is 1. The predicted molar refractivity (Wildman–Crippen MR) is 135 cm³/mol. The van der Waals surface area contributed by atoms with E-state index in [1.54, 1.807) is 35.2 Å². The molecule has 0 bridgehead atoms. The molecule has 1 atom stereocenters. The van der Waals surface area contributed by atoms with Crippen LogP contribution in [0.3, 0.4) is 0 Å². The lowest BCUT2D eigenvalue weighted by molar-refractivity contribution is 0.0940. The van der Waals surface area contributed by atoms with E-state index in [4.69, 9.17) is 16.9 Å². The van der Waals surface area contributed by atoms with E-state index in [-0.39, 0.29) is 23.5 Å². The normalized spacial score (nSPS) is 12.9. The van der Waals surface area contributed by atoms with Crippen LogP contribution in [0.2, 0.25) is 0 Å². The molecule has 5 aromatic rings. The molecule has 3 N–H and O–H groups in total. The van der Waals surface area contributed by atoms with Gasteiger partial charge in [-0.3, -0.25) is 14.2 Å². The number of benzene rings is 2. The standard InChI is InChI=1S/C27H20N6O3/c1-3-16-10-11-19-21-18(14-36-19)23(33(27(35)20(16)21)17-8-5-4-6-9-17)15(2)30-26(34)22-24(28)31-32-13-7-12-29-25(22)32/h1,4-13,15H,14H2,2H3,(H2,28,31)(H,30,34)/t15-/m1/s1. The van der Waals surface area contributed by atoms with Crippen LogP contribution in [0.4, 0.5) is 5.82 Å². The molecule has 0 radical (unpaired) electrons. The van der Waals surface area contributed by atoms with Crippen LogP contribution in [0.15, 0.2) is 65.7 Å². The summed E-state index contributed by atoms with van der Waals surface area (Å²) in [6, 6.07) is 13.8. The molecule has 0 unspecified atom stereocenters. The molecule has 0 spiro atoms. The van der Waals surface area contributed by atoms with Crippen LogP contribution < -0.4 is 21.3 Å². The number of amides is 1. The zero-order valence-electron chi connectivity index (χ0n) is 19.2. The monoisotopic (exact) mass is 476 g/mol. The minimum Gasteiger partial charge on any atom is -0.488 e. The van der Waals surface area contributed by atoms with Crippen LogP contribution in [0, 0.1) is 12.3 Å². The number of nitrogens with zero attached hydrogens (tertiary/aromatic N) is 4. The fourth-order valence-corrected chi connectivity index (χ4v) is 4.87. The lowest BCUT2D eigenvalue weighted by atomic mass is 9.97. The first kappa shape index (κ1) is 21.4. The number of nitrogens with one attached hydrogen (secondary N) is 1. The number of terminal acetylenes is 1. The Kier molecular flexibility index (Phi) is 4.76. The maximum absolute atomic E-state index is 14.0. The molecule has 9 heteroatoms. The average Bonchev–Trinajstić information content (AvgIpc) is 3.46. The molecule has 0 aliphatic carbocycles. The van der Waals surface area contributed by atoms with Gasteiger partial charge in [-0.05, 0) is 37.3 Å². The molecule has 1 aliphatic heterocycles. The van der Waals surface area contributed by atoms with Crippen molar-refractivity contribution in [2.45, 2.75) is 19.6 Å². The van der Waals surface area contributed by atoms with Crippen molar-refractivity contribution < 1.29 is 9.53 Å². The van der Waals surface area contributed by atoms with Crippen molar-refractivity contribution >= 4 is 28.1 Å². The first-order valence-electron chi connectivity index (χ1n) is 11.3. The van der Waals surface area contributed by atoms with E-state index >= 15 is 0 Å². The van der Waals surface area contributed by atoms with Gasteiger partial charge in [-0.2, -0.15) is 0 Å². The highest BCUT2D eigenvalue weighted by atomic mass is 16.5. The first-order valence-corrected chi connectivity index (χ1v) is 11.3. The number of hydrogen-bond acceptors (Lipinski definition) is 6. The Morgan fingerprint density at radius 1 is 1.19 bits per heavy atom. The van der Waals surface area contributed by atoms with Crippen molar-refractivity contribution in [3.63, 3.8) is 0 Å². The smallest absolute Gasteiger partial charge is 0.264 e. The molecule has 9 nitrogen and oxygen atoms in total. The number of anilines is 1. The maximum Gasteiger partial charge on any atom is 0.264 e. The molecule has 176 valence electrons. The maximum atomic E-state index is 14.0. The van der Waals surface area contributed by atoms with Gasteiger partial charge in [-0.1, -0.05) is 24.1 Å². The summed E-state index contributed by atoms with van der Waals surface area (Å²) >= 11 is 0. The van der Waals surface area contributed by atoms with Gasteiger partial charge in [-0.15, -0.1) is 11.5 Å². The van der Waals surface area contributed by atoms with E-state index in [1.165, 1.54) is 4.52 Å². The molecule has 36 heavy (non-hydrogen) atoms. The molecule has 1 amide bonds. The third-order valence-electron chi connectivity index (χ3n) is 6.39. The lowest BCUT2D eigenvalue weighted by Crippen LogP contribution is -2.33. The number of carbonyl (C=O) groups is 1. The third kappa shape index (κ3) is 3.05. The second-order valence-electron chi connectivity index (χ2n) is 8.48. The van der Waals surface area contributed by atoms with Crippen LogP contribution in [0.5, 0.6) is 5.75 Å². The number of fused-ring (bicyclic) bond motifs is 1. The van der Waals surface area contributed by atoms with Crippen LogP contribution in [-0.2, 0) is 6.61 Å². The summed E-state index contributed by atoms with van der Waals surface area (Å²) in [5.41, 5.74) is 8.81. The number of pyridine rings is 1. The van der Waals surface area contributed by atoms with Crippen molar-refractivity contribution in [2.24, 2.45) is 0 Å². The summed E-state index contributed by atoms with van der Waals surface area (Å²) < 4.78 is 8.97. The summed E-state index contributed by atoms with van der Waals surface area (Å²) in [5.74, 6) is 2.82. The third-order valence-corrected chi connectivity index (χ3v) is 6.39. The summed E-state index contributed by atoms with van der Waals surface area (Å²) in [6.07, 6.45) is 8.98. The molecule has 0 saturated carbocycles. The van der Waals surface area contributed by atoms with Gasteiger partial charge in [0.15, 0.2) is 11.5 Å². The van der Waals surface area contributed by atoms with Gasteiger partial charge in [0.2, 0.25) is 0 Å². The van der Waals surface area contributed by atoms with Crippen LogP contribution in [-0.4, -0.2) is 25.1 Å². The molecule has 6 rings (SSSR count). The fourth-order valence-electron chi connectivity index (χ4n) is 4.87. The van der Waals surface area contributed by atoms with E-state index in [9.17, 15) is 9.59 Å². The van der Waals surface area contributed by atoms with Crippen molar-refractivity contribution in [3.8, 4) is 23.8 Å². The number of aromatic nitrogens is 4. The highest BCUT2D eigenvalue weighted by Crippen LogP contribution is 2.39. The summed E-state index contributed by atoms with van der Waals surface area (Å²) in [4.78, 5) is 31.6. The molecule has 2 aromatic carbocycles. The van der Waals surface area contributed by atoms with Crippen LogP contribution in [0.1, 0.15) is 40.1 Å². The number of carbonyl (C=O) groups excluding carboxylic acids is 1. The predicted octanol–water partition coefficient (Wildman–Crippen LogP) is 2.98. The van der Waals surface area contributed by atoms with E-state index in [2.05, 4.69) is 21.3 Å². The molecule has 0 fully saturated rings. The van der Waals surface area contributed by atoms with Gasteiger partial charge in [0.1, 0.15) is 17.9 Å². The zero-order valence-corrected chi connectivity index (χ0v) is 19.2. The second kappa shape index (κ2) is 7.99. The first-order chi connectivity index (χ1) is 17.5. The van der Waals surface area contributed by atoms with Gasteiger partial charge in [0.05, 0.1) is 17.1 Å². The van der Waals surface area contributed by atoms with Gasteiger partial charge < -0.3 is 15.8 Å². The van der Waals surface area contributed by atoms with Crippen LogP contribution in [0.25, 0.3) is 22.1 Å². The number of para-hydroxylation sites is 1. The van der Waals surface area contributed by atoms with Crippen molar-refractivity contribution in [1.82, 2.24) is 24.5 Å². The van der Waals surface area contributed by atoms with Gasteiger partial charge >= 0.3 is 0 Å². The summed E-state index contributed by atoms with van der Waals surface area (Å²) in [6.45, 7) is 2.05. The molecule has 0 saturated heterocycles. The average molecular weight is 476 g/mol. The Bertz CT molecular complexity index is 1800. The van der Waals surface area contributed by atoms with E-state index < -0.39 is 11.9 Å². The van der Waals surface area contributed by atoms with E-state index in [1.807, 2.05) is 37.3 Å². The summed E-state index contributed by atoms with van der Waals surface area (Å²) in [7, 11) is 0. The van der Waals surface area contributed by atoms with E-state index in [0.717, 1.165) is 5.56 Å². The van der Waals surface area contributed by atoms with Crippen molar-refractivity contribution in [3.05, 3.63) is 93.7 Å². The van der Waals surface area contributed by atoms with Gasteiger partial charge in [-0.25, -0.2) is 9.50 Å². The lowest BCUT2D eigenvalue weighted by Gasteiger charge is -2.23. The largest absolute Gasteiger partial charge is 0.488 e. The molecular weight excluding hydrogens is 456 g/mol. The number of ether oxygens (including phenoxy) is 1. The van der Waals surface area contributed by atoms with Crippen molar-refractivity contribution in [1.29, 1.82) is 0 Å². The Labute approximate surface area is 205 Å². The van der Waals surface area contributed by atoms with E-state index in [0.29, 0.717) is 39.1 Å². The fraction of sp³-hybridized carbons (Fsp3) is 0.111. The number of nitrogen functional groups attached to an aromatic ring is 1. The minimum absolute atomic E-state index is 0.0613. The summed E-state index contributed by atoms with van der Waals surface area (Å²) in [5, 5.41) is 8.26. The van der Waals surface area contributed by atoms with Crippen molar-refractivity contribution in [2.75, 3.05) is 5.73 Å².